The van der Waals surface area contributed by atoms with Gasteiger partial charge in [0.1, 0.15) is 11.2 Å². The Labute approximate surface area is 477 Å². The molecule has 11 aromatic carbocycles. The zero-order valence-electron chi connectivity index (χ0n) is 47.6. The molecule has 0 saturated heterocycles. The lowest BCUT2D eigenvalue weighted by atomic mass is 9.59. The Kier molecular flexibility index (Phi) is 11.6. The Balaban J connectivity index is 0.936. The molecular weight excluding hydrogens is 981 g/mol. The van der Waals surface area contributed by atoms with Gasteiger partial charge in [0.2, 0.25) is 0 Å². The average molecular weight is 1050 g/mol. The number of anilines is 6. The summed E-state index contributed by atoms with van der Waals surface area (Å²) in [4.78, 5) is 4.94. The van der Waals surface area contributed by atoms with Gasteiger partial charge < -0.3 is 14.2 Å². The van der Waals surface area contributed by atoms with Crippen LogP contribution in [-0.2, 0) is 16.2 Å². The Morgan fingerprint density at radius 2 is 0.704 bits per heavy atom. The zero-order chi connectivity index (χ0) is 55.4. The monoisotopic (exact) mass is 1050 g/mol. The van der Waals surface area contributed by atoms with Crippen molar-refractivity contribution in [3.05, 3.63) is 277 Å². The molecule has 2 aliphatic rings. The fourth-order valence-corrected chi connectivity index (χ4v) is 13.6. The number of nitrogens with zero attached hydrogens (tertiary/aromatic N) is 2. The molecule has 1 aromatic heterocycles. The summed E-state index contributed by atoms with van der Waals surface area (Å²) >= 11 is 0. The van der Waals surface area contributed by atoms with Gasteiger partial charge in [-0.2, -0.15) is 0 Å². The summed E-state index contributed by atoms with van der Waals surface area (Å²) in [6, 6.07) is 93.8. The SMILES string of the molecule is CC1(C)c2cc(-c3cc4c(cc3N(c3ccc(-c5ccccc5)cc3)c3cccc5oc6ccccc6c35)C(C)(C)C(C)(C)C4(C)C)ccc2-c2ccc(N(c3ccc(-c4ccccc4)cc3)c3ccc(-c4ccccc4)cc3)cc21. The van der Waals surface area contributed by atoms with Gasteiger partial charge in [-0.15, -0.1) is 0 Å². The van der Waals surface area contributed by atoms with Crippen LogP contribution < -0.4 is 9.80 Å². The lowest BCUT2D eigenvalue weighted by molar-refractivity contribution is 0.125. The smallest absolute Gasteiger partial charge is 0.137 e. The molecule has 0 saturated carbocycles. The van der Waals surface area contributed by atoms with Gasteiger partial charge in [0.05, 0.1) is 16.8 Å². The van der Waals surface area contributed by atoms with Crippen LogP contribution in [0.4, 0.5) is 34.1 Å². The molecule has 0 N–H and O–H groups in total. The number of furan rings is 1. The largest absolute Gasteiger partial charge is 0.456 e. The second kappa shape index (κ2) is 18.7. The number of fused-ring (bicyclic) bond motifs is 7. The summed E-state index contributed by atoms with van der Waals surface area (Å²) in [5.74, 6) is 0. The Morgan fingerprint density at radius 1 is 0.284 bits per heavy atom. The fraction of sp³-hybridized carbons (Fsp3) is 0.154. The van der Waals surface area contributed by atoms with Crippen molar-refractivity contribution in [2.24, 2.45) is 5.41 Å². The van der Waals surface area contributed by atoms with E-state index >= 15 is 0 Å². The van der Waals surface area contributed by atoms with E-state index in [0.717, 1.165) is 56.1 Å². The quantitative estimate of drug-likeness (QED) is 0.136. The Bertz CT molecular complexity index is 4270. The lowest BCUT2D eigenvalue weighted by Crippen LogP contribution is -2.42. The van der Waals surface area contributed by atoms with E-state index in [2.05, 4.69) is 320 Å². The van der Waals surface area contributed by atoms with Crippen molar-refractivity contribution in [3.8, 4) is 55.6 Å². The molecule has 0 radical (unpaired) electrons. The average Bonchev–Trinajstić information content (AvgIpc) is 4.16. The molecule has 12 aromatic rings. The fourth-order valence-electron chi connectivity index (χ4n) is 13.6. The van der Waals surface area contributed by atoms with Gasteiger partial charge in [-0.3, -0.25) is 0 Å². The summed E-state index contributed by atoms with van der Waals surface area (Å²) < 4.78 is 6.66. The van der Waals surface area contributed by atoms with E-state index in [9.17, 15) is 0 Å². The molecule has 1 heterocycles. The minimum absolute atomic E-state index is 0.0534. The highest BCUT2D eigenvalue weighted by Gasteiger charge is 2.57. The van der Waals surface area contributed by atoms with Crippen LogP contribution in [0, 0.1) is 5.41 Å². The first-order valence-electron chi connectivity index (χ1n) is 28.6. The molecule has 0 fully saturated rings. The van der Waals surface area contributed by atoms with E-state index in [1.807, 2.05) is 0 Å². The van der Waals surface area contributed by atoms with Crippen LogP contribution in [-0.4, -0.2) is 0 Å². The molecule has 0 unspecified atom stereocenters. The number of para-hydroxylation sites is 1. The third-order valence-electron chi connectivity index (χ3n) is 19.4. The van der Waals surface area contributed by atoms with Crippen molar-refractivity contribution >= 4 is 56.1 Å². The van der Waals surface area contributed by atoms with E-state index in [0.29, 0.717) is 0 Å². The Hall–Kier alpha value is -9.18. The topological polar surface area (TPSA) is 19.6 Å². The molecule has 0 aliphatic heterocycles. The predicted molar refractivity (Wildman–Crippen MR) is 342 cm³/mol. The number of hydrogen-bond donors (Lipinski definition) is 0. The maximum Gasteiger partial charge on any atom is 0.137 e. The van der Waals surface area contributed by atoms with Gasteiger partial charge in [0, 0.05) is 39.1 Å². The summed E-state index contributed by atoms with van der Waals surface area (Å²) in [6.07, 6.45) is 0. The molecule has 81 heavy (non-hydrogen) atoms. The van der Waals surface area contributed by atoms with Gasteiger partial charge in [-0.1, -0.05) is 225 Å². The zero-order valence-corrected chi connectivity index (χ0v) is 47.6. The Morgan fingerprint density at radius 3 is 1.25 bits per heavy atom. The van der Waals surface area contributed by atoms with Crippen LogP contribution in [0.2, 0.25) is 0 Å². The first kappa shape index (κ1) is 50.1. The second-order valence-corrected chi connectivity index (χ2v) is 24.6. The molecule has 3 nitrogen and oxygen atoms in total. The van der Waals surface area contributed by atoms with Gasteiger partial charge >= 0.3 is 0 Å². The van der Waals surface area contributed by atoms with Crippen LogP contribution in [0.15, 0.2) is 259 Å². The summed E-state index contributed by atoms with van der Waals surface area (Å²) in [5, 5.41) is 2.20. The van der Waals surface area contributed by atoms with Crippen molar-refractivity contribution in [1.82, 2.24) is 0 Å². The van der Waals surface area contributed by atoms with Gasteiger partial charge in [-0.25, -0.2) is 0 Å². The van der Waals surface area contributed by atoms with Crippen molar-refractivity contribution in [2.45, 2.75) is 71.6 Å². The number of hydrogen-bond acceptors (Lipinski definition) is 3. The first-order valence-corrected chi connectivity index (χ1v) is 28.6. The molecule has 0 atom stereocenters. The minimum atomic E-state index is -0.328. The van der Waals surface area contributed by atoms with Crippen molar-refractivity contribution in [2.75, 3.05) is 9.80 Å². The standard InChI is InChI=1S/C78H66N2O/c1-75(2)66-47-57(37-45-62(66)63-46-44-61(48-67(63)75)79(58-38-31-54(32-39-58)51-21-12-9-13-22-51)59-40-33-55(34-41-59)52-23-14-10-15-24-52)65-49-68-69(77(5,6)78(7,8)76(68,3)4)50-71(65)80(60-42-35-56(36-43-60)53-25-16-11-17-26-53)70-28-20-30-73-74(70)64-27-18-19-29-72(64)81-73/h9-50H,1-8H3. The normalized spacial score (nSPS) is 15.1. The predicted octanol–water partition coefficient (Wildman–Crippen LogP) is 22.1. The van der Waals surface area contributed by atoms with Gasteiger partial charge in [0.15, 0.2) is 0 Å². The van der Waals surface area contributed by atoms with E-state index in [1.54, 1.807) is 0 Å². The van der Waals surface area contributed by atoms with Crippen LogP contribution in [0.3, 0.4) is 0 Å². The number of rotatable bonds is 10. The van der Waals surface area contributed by atoms with Crippen LogP contribution in [0.5, 0.6) is 0 Å². The maximum atomic E-state index is 6.66. The van der Waals surface area contributed by atoms with Crippen LogP contribution in [0.1, 0.15) is 77.6 Å². The molecule has 0 bridgehead atoms. The highest BCUT2D eigenvalue weighted by Crippen LogP contribution is 2.64. The molecule has 0 spiro atoms. The molecular formula is C78H66N2O. The van der Waals surface area contributed by atoms with E-state index in [-0.39, 0.29) is 21.7 Å². The molecule has 14 rings (SSSR count). The third kappa shape index (κ3) is 7.92. The lowest BCUT2D eigenvalue weighted by Gasteiger charge is -2.44. The molecule has 0 amide bonds. The third-order valence-corrected chi connectivity index (χ3v) is 19.4. The molecule has 3 heteroatoms. The maximum absolute atomic E-state index is 6.66. The molecule has 394 valence electrons. The van der Waals surface area contributed by atoms with E-state index in [1.165, 1.54) is 77.9 Å². The minimum Gasteiger partial charge on any atom is -0.456 e. The van der Waals surface area contributed by atoms with Crippen molar-refractivity contribution in [1.29, 1.82) is 0 Å². The van der Waals surface area contributed by atoms with Crippen molar-refractivity contribution in [3.63, 3.8) is 0 Å². The second-order valence-electron chi connectivity index (χ2n) is 24.6. The van der Waals surface area contributed by atoms with E-state index < -0.39 is 0 Å². The molecule has 2 aliphatic carbocycles. The van der Waals surface area contributed by atoms with E-state index in [4.69, 9.17) is 4.42 Å². The summed E-state index contributed by atoms with van der Waals surface area (Å²) in [5.41, 5.74) is 25.3. The van der Waals surface area contributed by atoms with Crippen LogP contribution in [0.25, 0.3) is 77.6 Å². The first-order chi connectivity index (χ1) is 39.2. The highest BCUT2D eigenvalue weighted by molar-refractivity contribution is 6.14. The van der Waals surface area contributed by atoms with Gasteiger partial charge in [-0.05, 0) is 173 Å². The summed E-state index contributed by atoms with van der Waals surface area (Å²) in [6.45, 7) is 19.6. The number of benzene rings is 11. The summed E-state index contributed by atoms with van der Waals surface area (Å²) in [7, 11) is 0. The van der Waals surface area contributed by atoms with Crippen molar-refractivity contribution < 1.29 is 4.42 Å². The highest BCUT2D eigenvalue weighted by atomic mass is 16.3. The van der Waals surface area contributed by atoms with Crippen LogP contribution >= 0.6 is 0 Å². The van der Waals surface area contributed by atoms with Gasteiger partial charge in [0.25, 0.3) is 0 Å².